The van der Waals surface area contributed by atoms with Crippen molar-refractivity contribution in [2.45, 2.75) is 65.1 Å². The summed E-state index contributed by atoms with van der Waals surface area (Å²) in [5.74, 6) is 0.843. The highest BCUT2D eigenvalue weighted by Gasteiger charge is 2.49. The van der Waals surface area contributed by atoms with E-state index in [0.29, 0.717) is 5.92 Å². The van der Waals surface area contributed by atoms with E-state index in [2.05, 4.69) is 25.7 Å². The number of nitrogens with zero attached hydrogens (tertiary/aromatic N) is 2. The van der Waals surface area contributed by atoms with Crippen LogP contribution in [0.5, 0.6) is 0 Å². The lowest BCUT2D eigenvalue weighted by Crippen LogP contribution is -2.63. The fourth-order valence-corrected chi connectivity index (χ4v) is 3.86. The molecule has 0 aromatic rings. The highest BCUT2D eigenvalue weighted by molar-refractivity contribution is 5.85. The predicted octanol–water partition coefficient (Wildman–Crippen LogP) is 2.52. The Labute approximate surface area is 129 Å². The molecule has 0 aromatic carbocycles. The minimum Gasteiger partial charge on any atom is -0.357 e. The maximum absolute atomic E-state index is 12.4. The van der Waals surface area contributed by atoms with E-state index in [1.54, 1.807) is 0 Å². The van der Waals surface area contributed by atoms with Crippen molar-refractivity contribution in [2.75, 3.05) is 32.7 Å². The second-order valence-corrected chi connectivity index (χ2v) is 7.66. The van der Waals surface area contributed by atoms with Crippen LogP contribution in [0.3, 0.4) is 0 Å². The van der Waals surface area contributed by atoms with Crippen molar-refractivity contribution in [3.63, 3.8) is 0 Å². The number of carbonyl (C=O) groups is 1. The normalized spacial score (nSPS) is 31.0. The number of rotatable bonds is 3. The number of hydrogen-bond acceptors (Lipinski definition) is 3. The van der Waals surface area contributed by atoms with Gasteiger partial charge in [0.05, 0.1) is 5.60 Å². The summed E-state index contributed by atoms with van der Waals surface area (Å²) in [6, 6.07) is 0. The molecule has 0 radical (unpaired) electrons. The molecule has 0 aromatic heterocycles. The first-order chi connectivity index (χ1) is 9.78. The smallest absolute Gasteiger partial charge is 0.254 e. The molecule has 0 aliphatic carbocycles. The molecule has 2 fully saturated rings. The topological polar surface area (TPSA) is 32.8 Å². The van der Waals surface area contributed by atoms with E-state index in [9.17, 15) is 4.79 Å². The molecule has 4 nitrogen and oxygen atoms in total. The summed E-state index contributed by atoms with van der Waals surface area (Å²) in [5.41, 5.74) is -0.819. The molecule has 4 heteroatoms. The lowest BCUT2D eigenvalue weighted by Gasteiger charge is -2.49. The maximum atomic E-state index is 12.4. The number of likely N-dealkylation sites (N-methyl/N-ethyl adjacent to an activating group) is 1. The number of hydrogen-bond donors (Lipinski definition) is 0. The second kappa shape index (κ2) is 6.25. The number of ether oxygens (including phenoxy) is 1. The van der Waals surface area contributed by atoms with Crippen molar-refractivity contribution < 1.29 is 9.53 Å². The summed E-state index contributed by atoms with van der Waals surface area (Å²) in [4.78, 5) is 16.9. The number of amides is 1. The van der Waals surface area contributed by atoms with Crippen LogP contribution in [0.4, 0.5) is 0 Å². The number of likely N-dealkylation sites (tertiary alicyclic amines) is 1. The van der Waals surface area contributed by atoms with Gasteiger partial charge in [-0.25, -0.2) is 0 Å². The Balaban J connectivity index is 2.09. The highest BCUT2D eigenvalue weighted by atomic mass is 16.5. The molecule has 1 atom stereocenters. The third-order valence-corrected chi connectivity index (χ3v) is 4.75. The van der Waals surface area contributed by atoms with Crippen LogP contribution in [-0.2, 0) is 9.53 Å². The summed E-state index contributed by atoms with van der Waals surface area (Å²) in [6.45, 7) is 15.4. The molecule has 1 spiro atoms. The largest absolute Gasteiger partial charge is 0.357 e. The molecular weight excluding hydrogens is 264 g/mol. The lowest BCUT2D eigenvalue weighted by molar-refractivity contribution is -0.209. The van der Waals surface area contributed by atoms with Gasteiger partial charge in [-0.2, -0.15) is 0 Å². The van der Waals surface area contributed by atoms with E-state index >= 15 is 0 Å². The van der Waals surface area contributed by atoms with E-state index in [1.807, 2.05) is 18.7 Å². The maximum Gasteiger partial charge on any atom is 0.254 e. The van der Waals surface area contributed by atoms with Crippen LogP contribution in [0.1, 0.15) is 53.9 Å². The Morgan fingerprint density at radius 2 is 1.95 bits per heavy atom. The van der Waals surface area contributed by atoms with Gasteiger partial charge in [0.2, 0.25) is 0 Å². The fourth-order valence-electron chi connectivity index (χ4n) is 3.86. The summed E-state index contributed by atoms with van der Waals surface area (Å²) in [7, 11) is 0. The number of carbonyl (C=O) groups excluding carboxylic acids is 1. The van der Waals surface area contributed by atoms with Gasteiger partial charge in [-0.15, -0.1) is 0 Å². The van der Waals surface area contributed by atoms with Gasteiger partial charge in [-0.1, -0.05) is 13.8 Å². The number of morpholine rings is 1. The summed E-state index contributed by atoms with van der Waals surface area (Å²) in [6.07, 6.45) is 3.26. The summed E-state index contributed by atoms with van der Waals surface area (Å²) >= 11 is 0. The molecule has 0 saturated carbocycles. The van der Waals surface area contributed by atoms with Crippen LogP contribution >= 0.6 is 0 Å². The van der Waals surface area contributed by atoms with Crippen molar-refractivity contribution in [2.24, 2.45) is 5.92 Å². The van der Waals surface area contributed by atoms with Gasteiger partial charge in [0, 0.05) is 26.2 Å². The van der Waals surface area contributed by atoms with Gasteiger partial charge in [0.15, 0.2) is 0 Å². The van der Waals surface area contributed by atoms with E-state index in [4.69, 9.17) is 4.74 Å². The minimum absolute atomic E-state index is 0.138. The van der Waals surface area contributed by atoms with Gasteiger partial charge in [-0.05, 0) is 52.5 Å². The van der Waals surface area contributed by atoms with Crippen molar-refractivity contribution >= 4 is 5.91 Å². The van der Waals surface area contributed by atoms with Crippen molar-refractivity contribution in [1.29, 1.82) is 0 Å². The fraction of sp³-hybridized carbons (Fsp3) is 0.941. The SMILES string of the molecule is CCN1CC2(CCCN(CC(C)C)CC2)OC(C)(C)C1=O. The molecular formula is C17H32N2O2. The van der Waals surface area contributed by atoms with Crippen LogP contribution in [0.15, 0.2) is 0 Å². The molecule has 1 unspecified atom stereocenters. The molecule has 2 heterocycles. The highest BCUT2D eigenvalue weighted by Crippen LogP contribution is 2.37. The Hall–Kier alpha value is -0.610. The Morgan fingerprint density at radius 1 is 1.24 bits per heavy atom. The van der Waals surface area contributed by atoms with Crippen molar-refractivity contribution in [3.8, 4) is 0 Å². The molecule has 2 saturated heterocycles. The third-order valence-electron chi connectivity index (χ3n) is 4.75. The van der Waals surface area contributed by atoms with E-state index in [0.717, 1.165) is 52.0 Å². The standard InChI is InChI=1S/C17H32N2O2/c1-6-19-13-17(21-16(4,5)15(19)20)8-7-10-18(11-9-17)12-14(2)3/h14H,6-13H2,1-5H3. The third kappa shape index (κ3) is 3.78. The zero-order chi connectivity index (χ0) is 15.7. The first kappa shape index (κ1) is 16.8. The Kier molecular flexibility index (Phi) is 4.99. The molecule has 2 rings (SSSR count). The van der Waals surface area contributed by atoms with Crippen molar-refractivity contribution in [1.82, 2.24) is 9.80 Å². The quantitative estimate of drug-likeness (QED) is 0.802. The second-order valence-electron chi connectivity index (χ2n) is 7.66. The lowest BCUT2D eigenvalue weighted by atomic mass is 9.88. The van der Waals surface area contributed by atoms with E-state index in [-0.39, 0.29) is 11.5 Å². The first-order valence-electron chi connectivity index (χ1n) is 8.50. The molecule has 2 aliphatic heterocycles. The molecule has 1 amide bonds. The van der Waals surface area contributed by atoms with E-state index < -0.39 is 5.60 Å². The van der Waals surface area contributed by atoms with Crippen molar-refractivity contribution in [3.05, 3.63) is 0 Å². The van der Waals surface area contributed by atoms with Crippen LogP contribution in [0, 0.1) is 5.92 Å². The monoisotopic (exact) mass is 296 g/mol. The molecule has 2 aliphatic rings. The Morgan fingerprint density at radius 3 is 2.57 bits per heavy atom. The minimum atomic E-state index is -0.679. The Bertz CT molecular complexity index is 381. The van der Waals surface area contributed by atoms with Gasteiger partial charge in [0.25, 0.3) is 5.91 Å². The molecule has 0 bridgehead atoms. The summed E-state index contributed by atoms with van der Waals surface area (Å²) in [5, 5.41) is 0. The van der Waals surface area contributed by atoms with Gasteiger partial charge < -0.3 is 14.5 Å². The molecule has 0 N–H and O–H groups in total. The average molecular weight is 296 g/mol. The molecule has 21 heavy (non-hydrogen) atoms. The van der Waals surface area contributed by atoms with Gasteiger partial charge >= 0.3 is 0 Å². The summed E-state index contributed by atoms with van der Waals surface area (Å²) < 4.78 is 6.36. The van der Waals surface area contributed by atoms with Crippen LogP contribution in [0.25, 0.3) is 0 Å². The van der Waals surface area contributed by atoms with Crippen LogP contribution < -0.4 is 0 Å². The van der Waals surface area contributed by atoms with Gasteiger partial charge in [0.1, 0.15) is 5.60 Å². The van der Waals surface area contributed by atoms with E-state index in [1.165, 1.54) is 0 Å². The van der Waals surface area contributed by atoms with Gasteiger partial charge in [-0.3, -0.25) is 4.79 Å². The zero-order valence-electron chi connectivity index (χ0n) is 14.4. The predicted molar refractivity (Wildman–Crippen MR) is 85.3 cm³/mol. The zero-order valence-corrected chi connectivity index (χ0v) is 14.4. The average Bonchev–Trinajstić information content (AvgIpc) is 2.56. The van der Waals surface area contributed by atoms with Crippen LogP contribution in [-0.4, -0.2) is 59.6 Å². The first-order valence-corrected chi connectivity index (χ1v) is 8.50. The molecule has 122 valence electrons. The van der Waals surface area contributed by atoms with Crippen LogP contribution in [0.2, 0.25) is 0 Å².